The molecular weight excluding hydrogens is 320 g/mol. The van der Waals surface area contributed by atoms with E-state index in [1.165, 1.54) is 5.56 Å². The predicted octanol–water partition coefficient (Wildman–Crippen LogP) is 1.49. The second-order valence-electron chi connectivity index (χ2n) is 5.50. The number of aliphatic hydroxyl groups is 1. The van der Waals surface area contributed by atoms with Crippen LogP contribution in [0.15, 0.2) is 28.7 Å². The van der Waals surface area contributed by atoms with Crippen molar-refractivity contribution in [3.8, 4) is 0 Å². The average Bonchev–Trinajstić information content (AvgIpc) is 2.41. The third-order valence-electron chi connectivity index (χ3n) is 4.37. The Balaban J connectivity index is 1.86. The Hall–Kier alpha value is -0.910. The fourth-order valence-corrected chi connectivity index (χ4v) is 3.68. The summed E-state index contributed by atoms with van der Waals surface area (Å²) in [5.41, 5.74) is 1.20. The number of rotatable bonds is 2. The van der Waals surface area contributed by atoms with Crippen molar-refractivity contribution >= 4 is 21.8 Å². The number of hydrogen-bond acceptors (Lipinski definition) is 3. The third-order valence-corrected chi connectivity index (χ3v) is 4.90. The van der Waals surface area contributed by atoms with Crippen LogP contribution < -0.4 is 5.32 Å². The molecule has 1 aromatic carbocycles. The molecule has 4 nitrogen and oxygen atoms in total. The van der Waals surface area contributed by atoms with E-state index in [1.54, 1.807) is 0 Å². The number of benzene rings is 1. The zero-order valence-corrected chi connectivity index (χ0v) is 12.8. The number of fused-ring (bicyclic) bond motifs is 1. The number of carbonyl (C=O) groups is 1. The molecule has 108 valence electrons. The maximum absolute atomic E-state index is 12.2. The highest BCUT2D eigenvalue weighted by molar-refractivity contribution is 9.10. The van der Waals surface area contributed by atoms with E-state index in [0.717, 1.165) is 24.0 Å². The van der Waals surface area contributed by atoms with E-state index < -0.39 is 0 Å². The van der Waals surface area contributed by atoms with E-state index in [2.05, 4.69) is 33.4 Å². The molecule has 0 unspecified atom stereocenters. The lowest BCUT2D eigenvalue weighted by Gasteiger charge is -2.55. The summed E-state index contributed by atoms with van der Waals surface area (Å²) in [5, 5.41) is 13.1. The molecule has 0 bridgehead atoms. The second kappa shape index (κ2) is 5.84. The Labute approximate surface area is 127 Å². The molecule has 0 aliphatic carbocycles. The van der Waals surface area contributed by atoms with Crippen LogP contribution in [-0.2, 0) is 4.79 Å². The summed E-state index contributed by atoms with van der Waals surface area (Å²) in [5.74, 6) is 0.409. The lowest BCUT2D eigenvalue weighted by molar-refractivity contribution is -0.151. The number of nitrogens with one attached hydrogen (secondary N) is 1. The Morgan fingerprint density at radius 3 is 2.80 bits per heavy atom. The van der Waals surface area contributed by atoms with Crippen molar-refractivity contribution in [3.05, 3.63) is 34.3 Å². The summed E-state index contributed by atoms with van der Waals surface area (Å²) in [4.78, 5) is 14.1. The molecule has 20 heavy (non-hydrogen) atoms. The number of aliphatic hydroxyl groups excluding tert-OH is 1. The fourth-order valence-electron chi connectivity index (χ4n) is 3.42. The summed E-state index contributed by atoms with van der Waals surface area (Å²) in [6.45, 7) is 1.73. The number of amides is 1. The van der Waals surface area contributed by atoms with E-state index in [9.17, 15) is 9.90 Å². The molecule has 0 aromatic heterocycles. The lowest BCUT2D eigenvalue weighted by Crippen LogP contribution is -2.69. The molecule has 5 heteroatoms. The maximum atomic E-state index is 12.2. The Bertz CT molecular complexity index is 491. The number of hydrogen-bond donors (Lipinski definition) is 2. The molecule has 0 spiro atoms. The molecule has 2 N–H and O–H groups in total. The zero-order chi connectivity index (χ0) is 14.1. The third kappa shape index (κ3) is 2.38. The Kier molecular flexibility index (Phi) is 4.10. The summed E-state index contributed by atoms with van der Waals surface area (Å²) in [6.07, 6.45) is 1.45. The van der Waals surface area contributed by atoms with E-state index in [0.29, 0.717) is 6.42 Å². The highest BCUT2D eigenvalue weighted by atomic mass is 79.9. The van der Waals surface area contributed by atoms with Crippen LogP contribution in [-0.4, -0.2) is 47.7 Å². The molecule has 2 fully saturated rings. The minimum atomic E-state index is -0.0754. The van der Waals surface area contributed by atoms with Crippen molar-refractivity contribution in [1.82, 2.24) is 10.2 Å². The molecular formula is C15H19BrN2O2. The van der Waals surface area contributed by atoms with Crippen LogP contribution in [0.1, 0.15) is 24.3 Å². The van der Waals surface area contributed by atoms with Gasteiger partial charge in [-0.15, -0.1) is 0 Å². The predicted molar refractivity (Wildman–Crippen MR) is 80.5 cm³/mol. The molecule has 1 aromatic rings. The number of nitrogens with zero attached hydrogens (tertiary/aromatic N) is 1. The summed E-state index contributed by atoms with van der Waals surface area (Å²) >= 11 is 3.44. The van der Waals surface area contributed by atoms with Gasteiger partial charge in [0.2, 0.25) is 5.91 Å². The van der Waals surface area contributed by atoms with Gasteiger partial charge in [-0.3, -0.25) is 4.79 Å². The zero-order valence-electron chi connectivity index (χ0n) is 11.3. The van der Waals surface area contributed by atoms with Crippen molar-refractivity contribution in [2.24, 2.45) is 0 Å². The van der Waals surface area contributed by atoms with Gasteiger partial charge < -0.3 is 15.3 Å². The standard InChI is InChI=1S/C15H19BrN2O2/c16-11-5-3-10(4-6-11)15-12-8-17-7-1-2-14(20)18(12)13(15)9-19/h3-6,12-13,15,17,19H,1-2,7-9H2/t12-,13-,15-/m1/s1. The first kappa shape index (κ1) is 14.0. The summed E-state index contributed by atoms with van der Waals surface area (Å²) < 4.78 is 1.05. The first-order chi connectivity index (χ1) is 9.72. The Morgan fingerprint density at radius 1 is 1.35 bits per heavy atom. The minimum Gasteiger partial charge on any atom is -0.394 e. The van der Waals surface area contributed by atoms with Crippen molar-refractivity contribution < 1.29 is 9.90 Å². The highest BCUT2D eigenvalue weighted by Crippen LogP contribution is 2.41. The van der Waals surface area contributed by atoms with E-state index >= 15 is 0 Å². The molecule has 2 aliphatic rings. The summed E-state index contributed by atoms with van der Waals surface area (Å²) in [7, 11) is 0. The monoisotopic (exact) mass is 338 g/mol. The summed E-state index contributed by atoms with van der Waals surface area (Å²) in [6, 6.07) is 8.29. The van der Waals surface area contributed by atoms with Crippen LogP contribution in [0.3, 0.4) is 0 Å². The smallest absolute Gasteiger partial charge is 0.223 e. The van der Waals surface area contributed by atoms with Crippen LogP contribution in [0, 0.1) is 0 Å². The van der Waals surface area contributed by atoms with Gasteiger partial charge >= 0.3 is 0 Å². The van der Waals surface area contributed by atoms with E-state index in [4.69, 9.17) is 0 Å². The van der Waals surface area contributed by atoms with Crippen molar-refractivity contribution in [1.29, 1.82) is 0 Å². The van der Waals surface area contributed by atoms with Crippen LogP contribution in [0.5, 0.6) is 0 Å². The van der Waals surface area contributed by atoms with Crippen molar-refractivity contribution in [2.45, 2.75) is 30.8 Å². The van der Waals surface area contributed by atoms with Gasteiger partial charge in [-0.1, -0.05) is 28.1 Å². The van der Waals surface area contributed by atoms with Gasteiger partial charge in [0.1, 0.15) is 0 Å². The minimum absolute atomic E-state index is 0.0307. The fraction of sp³-hybridized carbons (Fsp3) is 0.533. The molecule has 0 saturated carbocycles. The van der Waals surface area contributed by atoms with Gasteiger partial charge in [-0.25, -0.2) is 0 Å². The van der Waals surface area contributed by atoms with Gasteiger partial charge in [0, 0.05) is 23.4 Å². The largest absolute Gasteiger partial charge is 0.394 e. The van der Waals surface area contributed by atoms with Crippen LogP contribution in [0.2, 0.25) is 0 Å². The van der Waals surface area contributed by atoms with Crippen LogP contribution in [0.4, 0.5) is 0 Å². The average molecular weight is 339 g/mol. The second-order valence-corrected chi connectivity index (χ2v) is 6.42. The van der Waals surface area contributed by atoms with E-state index in [1.807, 2.05) is 17.0 Å². The van der Waals surface area contributed by atoms with Crippen molar-refractivity contribution in [3.63, 3.8) is 0 Å². The molecule has 0 radical (unpaired) electrons. The van der Waals surface area contributed by atoms with Gasteiger partial charge in [-0.05, 0) is 30.7 Å². The Morgan fingerprint density at radius 2 is 2.10 bits per heavy atom. The van der Waals surface area contributed by atoms with Crippen LogP contribution in [0.25, 0.3) is 0 Å². The van der Waals surface area contributed by atoms with Gasteiger partial charge in [0.05, 0.1) is 18.7 Å². The normalized spacial score (nSPS) is 30.2. The first-order valence-corrected chi connectivity index (χ1v) is 7.90. The molecule has 2 saturated heterocycles. The van der Waals surface area contributed by atoms with Gasteiger partial charge in [0.15, 0.2) is 0 Å². The maximum Gasteiger partial charge on any atom is 0.223 e. The topological polar surface area (TPSA) is 52.6 Å². The molecule has 3 rings (SSSR count). The molecule has 1 amide bonds. The quantitative estimate of drug-likeness (QED) is 0.858. The first-order valence-electron chi connectivity index (χ1n) is 7.10. The van der Waals surface area contributed by atoms with Gasteiger partial charge in [0.25, 0.3) is 0 Å². The van der Waals surface area contributed by atoms with Gasteiger partial charge in [-0.2, -0.15) is 0 Å². The van der Waals surface area contributed by atoms with Crippen LogP contribution >= 0.6 is 15.9 Å². The van der Waals surface area contributed by atoms with Crippen molar-refractivity contribution in [2.75, 3.05) is 19.7 Å². The number of halogens is 1. The molecule has 2 heterocycles. The SMILES string of the molecule is O=C1CCCNC[C@@H]2[C@@H](c3ccc(Br)cc3)[C@@H](CO)N12. The highest BCUT2D eigenvalue weighted by Gasteiger charge is 2.50. The lowest BCUT2D eigenvalue weighted by atomic mass is 9.74. The number of carbonyl (C=O) groups excluding carboxylic acids is 1. The molecule has 2 aliphatic heterocycles. The van der Waals surface area contributed by atoms with E-state index in [-0.39, 0.29) is 30.5 Å². The molecule has 3 atom stereocenters.